The second-order valence-corrected chi connectivity index (χ2v) is 6.04. The van der Waals surface area contributed by atoms with Crippen LogP contribution in [0.4, 0.5) is 22.0 Å². The lowest BCUT2D eigenvalue weighted by atomic mass is 10.2. The summed E-state index contributed by atoms with van der Waals surface area (Å²) in [6.45, 7) is 0. The number of rotatable bonds is 5. The van der Waals surface area contributed by atoms with Gasteiger partial charge in [0.05, 0.1) is 0 Å². The van der Waals surface area contributed by atoms with Crippen LogP contribution in [0.2, 0.25) is 0 Å². The molecule has 0 atom stereocenters. The molecule has 0 aliphatic carbocycles. The molecule has 0 spiro atoms. The third-order valence-electron chi connectivity index (χ3n) is 2.65. The standard InChI is InChI=1S/C14H7F5O5S/c15-9-10(16)12(18)14(13(19)11(9)17)23-8(20)6-25(21,22)24-7-4-2-1-3-5-7/h1-5H,6H2. The number of halogens is 5. The minimum absolute atomic E-state index is 0.161. The Hall–Kier alpha value is -2.69. The van der Waals surface area contributed by atoms with Crippen LogP contribution in [-0.2, 0) is 14.9 Å². The number of carbonyl (C=O) groups is 1. The number of para-hydroxylation sites is 1. The topological polar surface area (TPSA) is 69.7 Å². The first-order chi connectivity index (χ1) is 11.6. The smallest absolute Gasteiger partial charge is 0.330 e. The SMILES string of the molecule is O=C(CS(=O)(=O)Oc1ccccc1)Oc1c(F)c(F)c(F)c(F)c1F. The van der Waals surface area contributed by atoms with E-state index in [0.717, 1.165) is 0 Å². The molecule has 5 nitrogen and oxygen atoms in total. The maximum atomic E-state index is 13.4. The number of ether oxygens (including phenoxy) is 1. The fraction of sp³-hybridized carbons (Fsp3) is 0.0714. The van der Waals surface area contributed by atoms with Gasteiger partial charge in [-0.15, -0.1) is 0 Å². The van der Waals surface area contributed by atoms with E-state index in [-0.39, 0.29) is 5.75 Å². The predicted octanol–water partition coefficient (Wildman–Crippen LogP) is 2.70. The van der Waals surface area contributed by atoms with Crippen molar-refractivity contribution in [3.05, 3.63) is 59.4 Å². The van der Waals surface area contributed by atoms with Gasteiger partial charge in [-0.2, -0.15) is 17.2 Å². The summed E-state index contributed by atoms with van der Waals surface area (Å²) < 4.78 is 97.3. The Labute approximate surface area is 137 Å². The Balaban J connectivity index is 2.18. The van der Waals surface area contributed by atoms with Gasteiger partial charge >= 0.3 is 16.1 Å². The molecule has 0 saturated heterocycles. The van der Waals surface area contributed by atoms with Gasteiger partial charge in [-0.05, 0) is 12.1 Å². The monoisotopic (exact) mass is 382 g/mol. The van der Waals surface area contributed by atoms with Crippen molar-refractivity contribution in [2.45, 2.75) is 0 Å². The number of esters is 1. The highest BCUT2D eigenvalue weighted by molar-refractivity contribution is 7.87. The van der Waals surface area contributed by atoms with E-state index >= 15 is 0 Å². The second kappa shape index (κ2) is 7.05. The number of hydrogen-bond acceptors (Lipinski definition) is 5. The number of hydrogen-bond donors (Lipinski definition) is 0. The van der Waals surface area contributed by atoms with E-state index in [2.05, 4.69) is 8.92 Å². The summed E-state index contributed by atoms with van der Waals surface area (Å²) >= 11 is 0. The van der Waals surface area contributed by atoms with Gasteiger partial charge in [0.1, 0.15) is 5.75 Å². The molecule has 11 heteroatoms. The molecule has 2 aromatic rings. The van der Waals surface area contributed by atoms with Crippen molar-refractivity contribution < 1.29 is 44.1 Å². The van der Waals surface area contributed by atoms with E-state index in [0.29, 0.717) is 0 Å². The lowest BCUT2D eigenvalue weighted by molar-refractivity contribution is -0.132. The quantitative estimate of drug-likeness (QED) is 0.199. The maximum Gasteiger partial charge on any atom is 0.330 e. The highest BCUT2D eigenvalue weighted by Gasteiger charge is 2.30. The minimum Gasteiger partial charge on any atom is -0.419 e. The summed E-state index contributed by atoms with van der Waals surface area (Å²) in [5.41, 5.74) is 0. The lowest BCUT2D eigenvalue weighted by Crippen LogP contribution is -2.25. The van der Waals surface area contributed by atoms with Crippen molar-refractivity contribution >= 4 is 16.1 Å². The van der Waals surface area contributed by atoms with Crippen LogP contribution in [0.25, 0.3) is 0 Å². The first-order valence-corrected chi connectivity index (χ1v) is 7.89. The van der Waals surface area contributed by atoms with Gasteiger partial charge in [-0.1, -0.05) is 18.2 Å². The fourth-order valence-electron chi connectivity index (χ4n) is 1.61. The van der Waals surface area contributed by atoms with Crippen LogP contribution in [-0.4, -0.2) is 20.1 Å². The Kier molecular flexibility index (Phi) is 5.26. The second-order valence-electron chi connectivity index (χ2n) is 4.47. The number of carbonyl (C=O) groups excluding carboxylic acids is 1. The van der Waals surface area contributed by atoms with Crippen molar-refractivity contribution in [3.8, 4) is 11.5 Å². The molecule has 0 unspecified atom stereocenters. The fourth-order valence-corrected chi connectivity index (χ4v) is 2.42. The Morgan fingerprint density at radius 3 is 1.84 bits per heavy atom. The van der Waals surface area contributed by atoms with E-state index in [1.807, 2.05) is 0 Å². The Bertz CT molecular complexity index is 886. The van der Waals surface area contributed by atoms with Crippen molar-refractivity contribution in [2.24, 2.45) is 0 Å². The van der Waals surface area contributed by atoms with E-state index in [9.17, 15) is 35.2 Å². The van der Waals surface area contributed by atoms with Gasteiger partial charge in [0.25, 0.3) is 0 Å². The Morgan fingerprint density at radius 2 is 1.32 bits per heavy atom. The third kappa shape index (κ3) is 4.24. The molecule has 0 fully saturated rings. The molecule has 25 heavy (non-hydrogen) atoms. The summed E-state index contributed by atoms with van der Waals surface area (Å²) in [5, 5.41) is 0. The predicted molar refractivity (Wildman–Crippen MR) is 72.7 cm³/mol. The molecule has 0 bridgehead atoms. The highest BCUT2D eigenvalue weighted by Crippen LogP contribution is 2.29. The number of benzene rings is 2. The van der Waals surface area contributed by atoms with Crippen molar-refractivity contribution in [3.63, 3.8) is 0 Å². The molecule has 0 N–H and O–H groups in total. The third-order valence-corrected chi connectivity index (χ3v) is 3.68. The Morgan fingerprint density at radius 1 is 0.840 bits per heavy atom. The van der Waals surface area contributed by atoms with Crippen molar-refractivity contribution in [2.75, 3.05) is 5.75 Å². The lowest BCUT2D eigenvalue weighted by Gasteiger charge is -2.09. The highest BCUT2D eigenvalue weighted by atomic mass is 32.2. The zero-order valence-electron chi connectivity index (χ0n) is 11.9. The van der Waals surface area contributed by atoms with Gasteiger partial charge in [0.15, 0.2) is 5.75 Å². The van der Waals surface area contributed by atoms with Crippen LogP contribution in [0.15, 0.2) is 30.3 Å². The largest absolute Gasteiger partial charge is 0.419 e. The van der Waals surface area contributed by atoms with Gasteiger partial charge < -0.3 is 8.92 Å². The molecule has 0 aromatic heterocycles. The van der Waals surface area contributed by atoms with Gasteiger partial charge in [0.2, 0.25) is 34.8 Å². The molecule has 0 saturated carbocycles. The molecular weight excluding hydrogens is 375 g/mol. The van der Waals surface area contributed by atoms with E-state index in [1.54, 1.807) is 6.07 Å². The first kappa shape index (κ1) is 18.6. The molecule has 2 aromatic carbocycles. The summed E-state index contributed by atoms with van der Waals surface area (Å²) in [7, 11) is -4.59. The molecular formula is C14H7F5O5S. The molecule has 0 heterocycles. The van der Waals surface area contributed by atoms with Crippen molar-refractivity contribution in [1.29, 1.82) is 0 Å². The average Bonchev–Trinajstić information content (AvgIpc) is 2.55. The van der Waals surface area contributed by atoms with Gasteiger partial charge in [0, 0.05) is 0 Å². The zero-order valence-corrected chi connectivity index (χ0v) is 12.7. The van der Waals surface area contributed by atoms with Gasteiger partial charge in [-0.3, -0.25) is 4.79 Å². The summed E-state index contributed by atoms with van der Waals surface area (Å²) in [4.78, 5) is 11.5. The molecule has 0 aliphatic rings. The van der Waals surface area contributed by atoms with Crippen LogP contribution >= 0.6 is 0 Å². The van der Waals surface area contributed by atoms with E-state index in [4.69, 9.17) is 0 Å². The summed E-state index contributed by atoms with van der Waals surface area (Å²) in [6.07, 6.45) is 0. The molecule has 0 radical (unpaired) electrons. The first-order valence-electron chi connectivity index (χ1n) is 6.31. The van der Waals surface area contributed by atoms with Crippen molar-refractivity contribution in [1.82, 2.24) is 0 Å². The normalized spacial score (nSPS) is 11.2. The zero-order chi connectivity index (χ0) is 18.8. The maximum absolute atomic E-state index is 13.4. The van der Waals surface area contributed by atoms with Gasteiger partial charge in [-0.25, -0.2) is 13.2 Å². The van der Waals surface area contributed by atoms with Crippen LogP contribution in [0.5, 0.6) is 11.5 Å². The molecule has 2 rings (SSSR count). The summed E-state index contributed by atoms with van der Waals surface area (Å²) in [5.74, 6) is -17.4. The van der Waals surface area contributed by atoms with E-state index in [1.165, 1.54) is 24.3 Å². The average molecular weight is 382 g/mol. The molecule has 134 valence electrons. The minimum atomic E-state index is -4.59. The van der Waals surface area contributed by atoms with E-state index < -0.39 is 56.7 Å². The summed E-state index contributed by atoms with van der Waals surface area (Å²) in [6, 6.07) is 6.90. The van der Waals surface area contributed by atoms with Crippen LogP contribution < -0.4 is 8.92 Å². The van der Waals surface area contributed by atoms with Crippen LogP contribution in [0, 0.1) is 29.1 Å². The van der Waals surface area contributed by atoms with Crippen LogP contribution in [0.3, 0.4) is 0 Å². The molecule has 0 amide bonds. The molecule has 0 aliphatic heterocycles. The van der Waals surface area contributed by atoms with Crippen LogP contribution in [0.1, 0.15) is 0 Å².